The van der Waals surface area contributed by atoms with Gasteiger partial charge in [0.15, 0.2) is 11.6 Å². The Hall–Kier alpha value is -1.62. The summed E-state index contributed by atoms with van der Waals surface area (Å²) in [5.41, 5.74) is 1.93. The van der Waals surface area contributed by atoms with Gasteiger partial charge in [-0.25, -0.2) is 8.78 Å². The summed E-state index contributed by atoms with van der Waals surface area (Å²) in [5, 5.41) is 3.29. The molecule has 0 saturated carbocycles. The molecule has 2 rings (SSSR count). The molecule has 1 heterocycles. The number of aromatic nitrogens is 1. The molecule has 5 heteroatoms. The van der Waals surface area contributed by atoms with E-state index >= 15 is 0 Å². The number of hydrogen-bond acceptors (Lipinski definition) is 3. The fourth-order valence-corrected chi connectivity index (χ4v) is 2.48. The second kappa shape index (κ2) is 7.24. The van der Waals surface area contributed by atoms with E-state index in [9.17, 15) is 8.78 Å². The number of anilines is 1. The van der Waals surface area contributed by atoms with Crippen molar-refractivity contribution in [2.45, 2.75) is 24.0 Å². The molecule has 2 aromatic rings. The van der Waals surface area contributed by atoms with Crippen molar-refractivity contribution in [3.63, 3.8) is 0 Å². The Morgan fingerprint density at radius 2 is 2.00 bits per heavy atom. The smallest absolute Gasteiger partial charge is 0.159 e. The van der Waals surface area contributed by atoms with Gasteiger partial charge in [0.05, 0.1) is 5.69 Å². The summed E-state index contributed by atoms with van der Waals surface area (Å²) in [6.45, 7) is 3.02. The van der Waals surface area contributed by atoms with Gasteiger partial charge in [0.1, 0.15) is 0 Å². The van der Waals surface area contributed by atoms with Crippen LogP contribution in [0, 0.1) is 11.6 Å². The number of thioether (sulfide) groups is 1. The average Bonchev–Trinajstić information content (AvgIpc) is 2.47. The first-order valence-electron chi connectivity index (χ1n) is 6.45. The van der Waals surface area contributed by atoms with Crippen LogP contribution < -0.4 is 5.32 Å². The van der Waals surface area contributed by atoms with Gasteiger partial charge in [-0.1, -0.05) is 6.92 Å². The lowest BCUT2D eigenvalue weighted by Crippen LogP contribution is -2.00. The molecule has 1 N–H and O–H groups in total. The van der Waals surface area contributed by atoms with Gasteiger partial charge in [-0.2, -0.15) is 0 Å². The van der Waals surface area contributed by atoms with Crippen LogP contribution in [0.3, 0.4) is 0 Å². The van der Waals surface area contributed by atoms with E-state index in [2.05, 4.69) is 17.2 Å². The van der Waals surface area contributed by atoms with Crippen molar-refractivity contribution in [1.29, 1.82) is 0 Å². The summed E-state index contributed by atoms with van der Waals surface area (Å²) < 4.78 is 25.9. The van der Waals surface area contributed by atoms with Crippen LogP contribution in [-0.4, -0.2) is 11.5 Å². The highest BCUT2D eigenvalue weighted by Crippen LogP contribution is 2.24. The molecular formula is C15H16F2N2S. The molecule has 1 aromatic carbocycles. The van der Waals surface area contributed by atoms with Crippen LogP contribution in [0.2, 0.25) is 0 Å². The maximum atomic E-state index is 13.1. The van der Waals surface area contributed by atoms with Gasteiger partial charge in [0.2, 0.25) is 0 Å². The third kappa shape index (κ3) is 4.20. The fraction of sp³-hybridized carbons (Fsp3) is 0.267. The molecule has 0 spiro atoms. The summed E-state index contributed by atoms with van der Waals surface area (Å²) in [5.74, 6) is -1.02. The largest absolute Gasteiger partial charge is 0.385 e. The predicted molar refractivity (Wildman–Crippen MR) is 78.9 cm³/mol. The van der Waals surface area contributed by atoms with Crippen molar-refractivity contribution >= 4 is 17.4 Å². The Morgan fingerprint density at radius 1 is 1.15 bits per heavy atom. The minimum Gasteiger partial charge on any atom is -0.385 e. The van der Waals surface area contributed by atoms with E-state index < -0.39 is 11.6 Å². The number of nitrogens with one attached hydrogen (secondary N) is 1. The maximum Gasteiger partial charge on any atom is 0.159 e. The lowest BCUT2D eigenvalue weighted by Gasteiger charge is -2.07. The molecule has 0 saturated heterocycles. The van der Waals surface area contributed by atoms with Crippen molar-refractivity contribution in [3.05, 3.63) is 53.9 Å². The first kappa shape index (κ1) is 14.8. The number of benzene rings is 1. The molecule has 2 nitrogen and oxygen atoms in total. The number of pyridine rings is 1. The molecule has 0 radical (unpaired) electrons. The van der Waals surface area contributed by atoms with Crippen LogP contribution in [0.1, 0.15) is 19.0 Å². The SMILES string of the molecule is CCCNc1ccnc(CSc2ccc(F)c(F)c2)c1. The number of hydrogen-bond donors (Lipinski definition) is 1. The van der Waals surface area contributed by atoms with Crippen LogP contribution in [0.25, 0.3) is 0 Å². The van der Waals surface area contributed by atoms with Crippen molar-refractivity contribution < 1.29 is 8.78 Å². The van der Waals surface area contributed by atoms with Crippen molar-refractivity contribution in [2.24, 2.45) is 0 Å². The second-order valence-electron chi connectivity index (χ2n) is 4.33. The Bertz CT molecular complexity index is 576. The lowest BCUT2D eigenvalue weighted by atomic mass is 10.3. The highest BCUT2D eigenvalue weighted by Gasteiger charge is 2.04. The molecule has 0 amide bonds. The molecule has 0 aliphatic rings. The first-order valence-corrected chi connectivity index (χ1v) is 7.44. The van der Waals surface area contributed by atoms with E-state index in [-0.39, 0.29) is 0 Å². The lowest BCUT2D eigenvalue weighted by molar-refractivity contribution is 0.506. The highest BCUT2D eigenvalue weighted by atomic mass is 32.2. The summed E-state index contributed by atoms with van der Waals surface area (Å²) in [7, 11) is 0. The number of nitrogens with zero attached hydrogens (tertiary/aromatic N) is 1. The van der Waals surface area contributed by atoms with Gasteiger partial charge in [0, 0.05) is 29.1 Å². The van der Waals surface area contributed by atoms with Crippen LogP contribution in [-0.2, 0) is 5.75 Å². The Kier molecular flexibility index (Phi) is 5.35. The Morgan fingerprint density at radius 3 is 2.75 bits per heavy atom. The summed E-state index contributed by atoms with van der Waals surface area (Å²) in [4.78, 5) is 4.97. The molecule has 0 fully saturated rings. The minimum atomic E-state index is -0.821. The van der Waals surface area contributed by atoms with Gasteiger partial charge in [-0.05, 0) is 36.8 Å². The third-order valence-corrected chi connectivity index (χ3v) is 3.70. The highest BCUT2D eigenvalue weighted by molar-refractivity contribution is 7.98. The molecule has 0 aliphatic heterocycles. The van der Waals surface area contributed by atoms with Crippen LogP contribution in [0.4, 0.5) is 14.5 Å². The van der Waals surface area contributed by atoms with Crippen LogP contribution >= 0.6 is 11.8 Å². The first-order chi connectivity index (χ1) is 9.69. The number of rotatable bonds is 6. The molecule has 0 unspecified atom stereocenters. The second-order valence-corrected chi connectivity index (χ2v) is 5.38. The van der Waals surface area contributed by atoms with E-state index in [1.165, 1.54) is 17.8 Å². The van der Waals surface area contributed by atoms with E-state index in [0.29, 0.717) is 10.6 Å². The van der Waals surface area contributed by atoms with Gasteiger partial charge >= 0.3 is 0 Å². The zero-order valence-corrected chi connectivity index (χ0v) is 12.0. The normalized spacial score (nSPS) is 10.6. The van der Waals surface area contributed by atoms with Crippen molar-refractivity contribution in [1.82, 2.24) is 4.98 Å². The standard InChI is InChI=1S/C15H16F2N2S/c1-2-6-18-11-5-7-19-12(8-11)10-20-13-3-4-14(16)15(17)9-13/h3-5,7-9H,2,6,10H2,1H3,(H,18,19). The number of halogens is 2. The Balaban J connectivity index is 1.97. The van der Waals surface area contributed by atoms with Crippen molar-refractivity contribution in [2.75, 3.05) is 11.9 Å². The molecule has 1 aromatic heterocycles. The summed E-state index contributed by atoms with van der Waals surface area (Å²) >= 11 is 1.43. The zero-order valence-electron chi connectivity index (χ0n) is 11.2. The third-order valence-electron chi connectivity index (χ3n) is 2.67. The molecular weight excluding hydrogens is 278 g/mol. The molecule has 106 valence electrons. The summed E-state index contributed by atoms with van der Waals surface area (Å²) in [6.07, 6.45) is 2.81. The van der Waals surface area contributed by atoms with E-state index in [1.54, 1.807) is 12.3 Å². The molecule has 0 atom stereocenters. The zero-order chi connectivity index (χ0) is 14.4. The van der Waals surface area contributed by atoms with Crippen LogP contribution in [0.5, 0.6) is 0 Å². The quantitative estimate of drug-likeness (QED) is 0.795. The predicted octanol–water partition coefficient (Wildman–Crippen LogP) is 4.47. The molecule has 20 heavy (non-hydrogen) atoms. The summed E-state index contributed by atoms with van der Waals surface area (Å²) in [6, 6.07) is 7.82. The van der Waals surface area contributed by atoms with Gasteiger partial charge < -0.3 is 5.32 Å². The van der Waals surface area contributed by atoms with E-state index in [1.807, 2.05) is 12.1 Å². The van der Waals surface area contributed by atoms with E-state index in [4.69, 9.17) is 0 Å². The molecule has 0 aliphatic carbocycles. The fourth-order valence-electron chi connectivity index (χ4n) is 1.66. The van der Waals surface area contributed by atoms with Gasteiger partial charge in [0.25, 0.3) is 0 Å². The minimum absolute atomic E-state index is 0.618. The topological polar surface area (TPSA) is 24.9 Å². The molecule has 0 bridgehead atoms. The average molecular weight is 294 g/mol. The van der Waals surface area contributed by atoms with E-state index in [0.717, 1.165) is 30.4 Å². The van der Waals surface area contributed by atoms with Gasteiger partial charge in [-0.15, -0.1) is 11.8 Å². The maximum absolute atomic E-state index is 13.1. The van der Waals surface area contributed by atoms with Crippen molar-refractivity contribution in [3.8, 4) is 0 Å². The monoisotopic (exact) mass is 294 g/mol. The Labute approximate surface area is 121 Å². The van der Waals surface area contributed by atoms with Gasteiger partial charge in [-0.3, -0.25) is 4.98 Å². The van der Waals surface area contributed by atoms with Crippen LogP contribution in [0.15, 0.2) is 41.4 Å².